The number of carbonyl (C=O) groups excluding carboxylic acids is 2. The molecule has 2 N–H and O–H groups in total. The first-order valence-electron chi connectivity index (χ1n) is 11.4. The molecule has 0 aromatic heterocycles. The Morgan fingerprint density at radius 2 is 1.94 bits per heavy atom. The topological polar surface area (TPSA) is 76.7 Å². The standard InChI is InChI=1S/C26H31ClN2O4/c1-16(9-18-10-19-14-26(19,2)13-18)28-25(31)29-24(30)20-11-23(22(32-3)12-21(20)27)33-15-17-7-5-4-6-8-17/h4-8,11-12,16,18-19H,9-10,13-15H2,1-3H3,(H2,28,29,30,31). The molecule has 2 aromatic rings. The zero-order valence-electron chi connectivity index (χ0n) is 19.3. The van der Waals surface area contributed by atoms with Gasteiger partial charge < -0.3 is 14.8 Å². The lowest BCUT2D eigenvalue weighted by molar-refractivity contribution is 0.0963. The van der Waals surface area contributed by atoms with Gasteiger partial charge in [-0.2, -0.15) is 0 Å². The van der Waals surface area contributed by atoms with Gasteiger partial charge in [0.1, 0.15) is 6.61 Å². The van der Waals surface area contributed by atoms with E-state index in [-0.39, 0.29) is 16.6 Å². The molecule has 7 heteroatoms. The Kier molecular flexibility index (Phi) is 6.84. The lowest BCUT2D eigenvalue weighted by atomic mass is 9.93. The first-order chi connectivity index (χ1) is 15.8. The average molecular weight is 471 g/mol. The first-order valence-corrected chi connectivity index (χ1v) is 11.8. The summed E-state index contributed by atoms with van der Waals surface area (Å²) in [6.07, 6.45) is 4.75. The number of benzene rings is 2. The van der Waals surface area contributed by atoms with E-state index < -0.39 is 11.9 Å². The van der Waals surface area contributed by atoms with E-state index in [1.165, 1.54) is 38.5 Å². The molecule has 0 heterocycles. The van der Waals surface area contributed by atoms with Crippen LogP contribution in [0.25, 0.3) is 0 Å². The third-order valence-corrected chi connectivity index (χ3v) is 7.25. The predicted molar refractivity (Wildman–Crippen MR) is 128 cm³/mol. The van der Waals surface area contributed by atoms with Crippen LogP contribution in [-0.2, 0) is 6.61 Å². The SMILES string of the molecule is COc1cc(Cl)c(C(=O)NC(=O)NC(C)CC2CC3CC3(C)C2)cc1OCc1ccccc1. The smallest absolute Gasteiger partial charge is 0.321 e. The Labute approximate surface area is 200 Å². The maximum atomic E-state index is 12.8. The lowest BCUT2D eigenvalue weighted by Crippen LogP contribution is -2.44. The van der Waals surface area contributed by atoms with Gasteiger partial charge >= 0.3 is 6.03 Å². The molecule has 2 saturated carbocycles. The molecule has 0 spiro atoms. The van der Waals surface area contributed by atoms with E-state index in [1.54, 1.807) is 0 Å². The highest BCUT2D eigenvalue weighted by Gasteiger charge is 2.56. The highest BCUT2D eigenvalue weighted by Crippen LogP contribution is 2.65. The molecule has 2 aliphatic rings. The Bertz CT molecular complexity index is 1030. The number of nitrogens with one attached hydrogen (secondary N) is 2. The van der Waals surface area contributed by atoms with Crippen LogP contribution in [0.1, 0.15) is 55.5 Å². The third kappa shape index (κ3) is 5.61. The second-order valence-electron chi connectivity index (χ2n) is 9.68. The zero-order chi connectivity index (χ0) is 23.6. The van der Waals surface area contributed by atoms with Crippen LogP contribution in [0.15, 0.2) is 42.5 Å². The van der Waals surface area contributed by atoms with Crippen LogP contribution in [0.4, 0.5) is 4.79 Å². The molecule has 6 nitrogen and oxygen atoms in total. The minimum Gasteiger partial charge on any atom is -0.493 e. The van der Waals surface area contributed by atoms with Gasteiger partial charge in [-0.3, -0.25) is 10.1 Å². The fraction of sp³-hybridized carbons (Fsp3) is 0.462. The van der Waals surface area contributed by atoms with Gasteiger partial charge in [0.2, 0.25) is 0 Å². The molecular weight excluding hydrogens is 440 g/mol. The van der Waals surface area contributed by atoms with Crippen molar-refractivity contribution in [2.24, 2.45) is 17.3 Å². The van der Waals surface area contributed by atoms with Crippen LogP contribution >= 0.6 is 11.6 Å². The molecule has 176 valence electrons. The van der Waals surface area contributed by atoms with Crippen LogP contribution < -0.4 is 20.1 Å². The number of halogens is 1. The minimum atomic E-state index is -0.591. The van der Waals surface area contributed by atoms with Gasteiger partial charge in [-0.15, -0.1) is 0 Å². The fourth-order valence-electron chi connectivity index (χ4n) is 5.15. The number of amides is 3. The maximum Gasteiger partial charge on any atom is 0.321 e. The number of methoxy groups -OCH3 is 1. The second kappa shape index (κ2) is 9.64. The summed E-state index contributed by atoms with van der Waals surface area (Å²) in [5, 5.41) is 5.45. The van der Waals surface area contributed by atoms with E-state index in [1.807, 2.05) is 37.3 Å². The van der Waals surface area contributed by atoms with Crippen molar-refractivity contribution in [3.8, 4) is 11.5 Å². The Hall–Kier alpha value is -2.73. The van der Waals surface area contributed by atoms with Gasteiger partial charge in [-0.05, 0) is 61.5 Å². The molecule has 2 aromatic carbocycles. The van der Waals surface area contributed by atoms with Gasteiger partial charge in [0.15, 0.2) is 11.5 Å². The van der Waals surface area contributed by atoms with E-state index in [9.17, 15) is 9.59 Å². The van der Waals surface area contributed by atoms with Crippen molar-refractivity contribution in [3.63, 3.8) is 0 Å². The Morgan fingerprint density at radius 3 is 2.61 bits per heavy atom. The van der Waals surface area contributed by atoms with Crippen LogP contribution in [0.2, 0.25) is 5.02 Å². The number of rotatable bonds is 8. The number of urea groups is 1. The summed E-state index contributed by atoms with van der Waals surface area (Å²) in [5.41, 5.74) is 1.66. The maximum absolute atomic E-state index is 12.8. The Morgan fingerprint density at radius 1 is 1.18 bits per heavy atom. The summed E-state index contributed by atoms with van der Waals surface area (Å²) in [5.74, 6) is 1.69. The summed E-state index contributed by atoms with van der Waals surface area (Å²) < 4.78 is 11.2. The zero-order valence-corrected chi connectivity index (χ0v) is 20.1. The van der Waals surface area contributed by atoms with E-state index in [0.717, 1.165) is 17.9 Å². The molecule has 2 fully saturated rings. The van der Waals surface area contributed by atoms with E-state index >= 15 is 0 Å². The molecular formula is C26H31ClN2O4. The fourth-order valence-corrected chi connectivity index (χ4v) is 5.39. The molecule has 0 aliphatic heterocycles. The summed E-state index contributed by atoms with van der Waals surface area (Å²) >= 11 is 6.30. The minimum absolute atomic E-state index is 0.0139. The Balaban J connectivity index is 1.34. The molecule has 4 unspecified atom stereocenters. The van der Waals surface area contributed by atoms with Crippen molar-refractivity contribution >= 4 is 23.5 Å². The summed E-state index contributed by atoms with van der Waals surface area (Å²) in [6, 6.07) is 12.1. The third-order valence-electron chi connectivity index (χ3n) is 6.94. The molecule has 4 rings (SSSR count). The number of imide groups is 1. The number of hydrogen-bond acceptors (Lipinski definition) is 4. The number of fused-ring (bicyclic) bond motifs is 1. The summed E-state index contributed by atoms with van der Waals surface area (Å²) in [6.45, 7) is 4.64. The van der Waals surface area contributed by atoms with Gasteiger partial charge in [0.05, 0.1) is 17.7 Å². The van der Waals surface area contributed by atoms with Crippen molar-refractivity contribution in [2.75, 3.05) is 7.11 Å². The van der Waals surface area contributed by atoms with E-state index in [0.29, 0.717) is 29.4 Å². The lowest BCUT2D eigenvalue weighted by Gasteiger charge is -2.20. The van der Waals surface area contributed by atoms with Crippen molar-refractivity contribution in [3.05, 3.63) is 58.6 Å². The van der Waals surface area contributed by atoms with Crippen LogP contribution in [0.5, 0.6) is 11.5 Å². The quantitative estimate of drug-likeness (QED) is 0.527. The highest BCUT2D eigenvalue weighted by atomic mass is 35.5. The molecule has 0 saturated heterocycles. The normalized spacial score (nSPS) is 23.9. The van der Waals surface area contributed by atoms with Gasteiger partial charge in [-0.1, -0.05) is 48.9 Å². The second-order valence-corrected chi connectivity index (χ2v) is 10.1. The van der Waals surface area contributed by atoms with Crippen LogP contribution in [-0.4, -0.2) is 25.1 Å². The summed E-state index contributed by atoms with van der Waals surface area (Å²) in [4.78, 5) is 25.2. The van der Waals surface area contributed by atoms with Crippen molar-refractivity contribution in [2.45, 2.75) is 52.2 Å². The van der Waals surface area contributed by atoms with Crippen LogP contribution in [0, 0.1) is 17.3 Å². The number of ether oxygens (including phenoxy) is 2. The monoisotopic (exact) mass is 470 g/mol. The van der Waals surface area contributed by atoms with Crippen molar-refractivity contribution in [1.82, 2.24) is 10.6 Å². The molecule has 0 bridgehead atoms. The van der Waals surface area contributed by atoms with Gasteiger partial charge in [0.25, 0.3) is 5.91 Å². The first kappa shape index (κ1) is 23.4. The molecule has 33 heavy (non-hydrogen) atoms. The molecule has 4 atom stereocenters. The molecule has 2 aliphatic carbocycles. The van der Waals surface area contributed by atoms with Crippen LogP contribution in [0.3, 0.4) is 0 Å². The number of hydrogen-bond donors (Lipinski definition) is 2. The van der Waals surface area contributed by atoms with Gasteiger partial charge in [0, 0.05) is 12.1 Å². The number of carbonyl (C=O) groups is 2. The van der Waals surface area contributed by atoms with Crippen molar-refractivity contribution < 1.29 is 19.1 Å². The molecule has 0 radical (unpaired) electrons. The van der Waals surface area contributed by atoms with Gasteiger partial charge in [-0.25, -0.2) is 4.79 Å². The predicted octanol–water partition coefficient (Wildman–Crippen LogP) is 5.58. The highest BCUT2D eigenvalue weighted by molar-refractivity contribution is 6.34. The van der Waals surface area contributed by atoms with Crippen molar-refractivity contribution in [1.29, 1.82) is 0 Å². The average Bonchev–Trinajstić information content (AvgIpc) is 3.29. The molecule has 3 amide bonds. The summed E-state index contributed by atoms with van der Waals surface area (Å²) in [7, 11) is 1.50. The van der Waals surface area contributed by atoms with E-state index in [4.69, 9.17) is 21.1 Å². The van der Waals surface area contributed by atoms with E-state index in [2.05, 4.69) is 17.6 Å². The largest absolute Gasteiger partial charge is 0.493 e.